The molecule has 3 aromatic heterocycles. The highest BCUT2D eigenvalue weighted by molar-refractivity contribution is 6.10. The minimum absolute atomic E-state index is 0.0109. The van der Waals surface area contributed by atoms with Crippen molar-refractivity contribution < 1.29 is 0 Å². The van der Waals surface area contributed by atoms with Crippen LogP contribution >= 0.6 is 0 Å². The maximum Gasteiger partial charge on any atom is 0.0924 e. The van der Waals surface area contributed by atoms with Crippen LogP contribution in [0.4, 0.5) is 0 Å². The molecule has 0 radical (unpaired) electrons. The summed E-state index contributed by atoms with van der Waals surface area (Å²) in [6.45, 7) is 15.9. The third-order valence-electron chi connectivity index (χ3n) is 11.1. The van der Waals surface area contributed by atoms with Gasteiger partial charge in [0.25, 0.3) is 0 Å². The summed E-state index contributed by atoms with van der Waals surface area (Å²) in [5, 5.41) is 10.2. The van der Waals surface area contributed by atoms with Gasteiger partial charge in [0.2, 0.25) is 0 Å². The first-order chi connectivity index (χ1) is 24.9. The lowest BCUT2D eigenvalue weighted by Gasteiger charge is -2.33. The van der Waals surface area contributed by atoms with Crippen molar-refractivity contribution in [3.8, 4) is 28.1 Å². The molecule has 8 aromatic rings. The maximum atomic E-state index is 5.17. The first kappa shape index (κ1) is 32.2. The number of aromatic nitrogens is 4. The molecule has 5 aromatic carbocycles. The minimum atomic E-state index is -0.620. The van der Waals surface area contributed by atoms with Gasteiger partial charge >= 0.3 is 0 Å². The lowest BCUT2D eigenvalue weighted by molar-refractivity contribution is 0.589. The number of rotatable bonds is 4. The summed E-state index contributed by atoms with van der Waals surface area (Å²) in [5.41, 5.74) is 15.9. The molecule has 1 aliphatic rings. The third kappa shape index (κ3) is 4.81. The number of nitrogens with zero attached hydrogens (tertiary/aromatic N) is 3. The van der Waals surface area contributed by atoms with Crippen molar-refractivity contribution in [2.75, 3.05) is 0 Å². The van der Waals surface area contributed by atoms with Crippen LogP contribution in [0.1, 0.15) is 80.7 Å². The number of hydrogen-bond donors (Lipinski definition) is 1. The summed E-state index contributed by atoms with van der Waals surface area (Å²) in [4.78, 5) is 5.17. The van der Waals surface area contributed by atoms with Crippen molar-refractivity contribution in [3.63, 3.8) is 0 Å². The number of H-pyrrole nitrogens is 1. The molecule has 3 heterocycles. The zero-order chi connectivity index (χ0) is 36.0. The number of para-hydroxylation sites is 1. The van der Waals surface area contributed by atoms with E-state index in [1.807, 2.05) is 19.2 Å². The summed E-state index contributed by atoms with van der Waals surface area (Å²) < 4.78 is 2.42. The molecule has 0 saturated carbocycles. The van der Waals surface area contributed by atoms with Crippen LogP contribution in [-0.2, 0) is 16.2 Å². The van der Waals surface area contributed by atoms with Gasteiger partial charge in [0.05, 0.1) is 27.8 Å². The van der Waals surface area contributed by atoms with Crippen LogP contribution < -0.4 is 0 Å². The Balaban J connectivity index is 1.35. The van der Waals surface area contributed by atoms with Crippen molar-refractivity contribution in [1.82, 2.24) is 19.7 Å². The molecule has 0 fully saturated rings. The average molecular weight is 677 g/mol. The molecule has 0 spiro atoms. The molecule has 0 atom stereocenters. The molecule has 0 unspecified atom stereocenters. The lowest BCUT2D eigenvalue weighted by Crippen LogP contribution is -2.30. The molecule has 0 aliphatic heterocycles. The van der Waals surface area contributed by atoms with E-state index in [1.54, 1.807) is 0 Å². The number of fused-ring (bicyclic) bond motifs is 6. The summed E-state index contributed by atoms with van der Waals surface area (Å²) in [7, 11) is 0. The van der Waals surface area contributed by atoms with Crippen LogP contribution in [0.3, 0.4) is 0 Å². The third-order valence-corrected chi connectivity index (χ3v) is 11.1. The zero-order valence-electron chi connectivity index (χ0n) is 31.0. The van der Waals surface area contributed by atoms with Gasteiger partial charge in [-0.3, -0.25) is 10.1 Å². The summed E-state index contributed by atoms with van der Waals surface area (Å²) in [6.07, 6.45) is 1.94. The normalized spacial score (nSPS) is 13.8. The largest absolute Gasteiger partial charge is 0.309 e. The Morgan fingerprint density at radius 3 is 1.90 bits per heavy atom. The van der Waals surface area contributed by atoms with Gasteiger partial charge in [-0.25, -0.2) is 0 Å². The molecule has 256 valence electrons. The van der Waals surface area contributed by atoms with Crippen LogP contribution in [0, 0.1) is 6.92 Å². The monoisotopic (exact) mass is 676 g/mol. The fourth-order valence-electron chi connectivity index (χ4n) is 8.44. The van der Waals surface area contributed by atoms with Crippen molar-refractivity contribution in [2.24, 2.45) is 0 Å². The van der Waals surface area contributed by atoms with E-state index in [0.29, 0.717) is 0 Å². The summed E-state index contributed by atoms with van der Waals surface area (Å²) in [6, 6.07) is 47.4. The fraction of sp³-hybridized carbons (Fsp3) is 0.208. The van der Waals surface area contributed by atoms with E-state index in [1.165, 1.54) is 55.2 Å². The molecule has 4 heteroatoms. The highest BCUT2D eigenvalue weighted by Gasteiger charge is 2.48. The number of aryl methyl sites for hydroxylation is 1. The van der Waals surface area contributed by atoms with Gasteiger partial charge in [0.15, 0.2) is 0 Å². The van der Waals surface area contributed by atoms with Crippen molar-refractivity contribution >= 4 is 21.8 Å². The average Bonchev–Trinajstić information content (AvgIpc) is 3.81. The van der Waals surface area contributed by atoms with E-state index in [-0.39, 0.29) is 10.8 Å². The topological polar surface area (TPSA) is 46.5 Å². The molecular formula is C48H44N4. The Morgan fingerprint density at radius 2 is 1.27 bits per heavy atom. The van der Waals surface area contributed by atoms with Crippen LogP contribution in [0.5, 0.6) is 0 Å². The van der Waals surface area contributed by atoms with E-state index in [4.69, 9.17) is 4.98 Å². The first-order valence-corrected chi connectivity index (χ1v) is 18.3. The second-order valence-corrected chi connectivity index (χ2v) is 16.6. The van der Waals surface area contributed by atoms with E-state index in [0.717, 1.165) is 33.8 Å². The van der Waals surface area contributed by atoms with E-state index >= 15 is 0 Å². The van der Waals surface area contributed by atoms with Crippen molar-refractivity contribution in [2.45, 2.75) is 64.7 Å². The molecule has 0 saturated heterocycles. The Bertz CT molecular complexity index is 2600. The van der Waals surface area contributed by atoms with Gasteiger partial charge < -0.3 is 4.57 Å². The van der Waals surface area contributed by atoms with Gasteiger partial charge in [0.1, 0.15) is 0 Å². The molecular weight excluding hydrogens is 633 g/mol. The maximum absolute atomic E-state index is 5.17. The van der Waals surface area contributed by atoms with Gasteiger partial charge in [-0.05, 0) is 99.2 Å². The van der Waals surface area contributed by atoms with Crippen molar-refractivity contribution in [3.05, 3.63) is 173 Å². The number of nitrogens with one attached hydrogen (secondary N) is 1. The minimum Gasteiger partial charge on any atom is -0.309 e. The smallest absolute Gasteiger partial charge is 0.0924 e. The van der Waals surface area contributed by atoms with E-state index in [9.17, 15) is 0 Å². The number of pyridine rings is 1. The molecule has 4 nitrogen and oxygen atoms in total. The SMILES string of the molecule is Cc1cc(-c2ccc3c4ccccc4n(-c4cccc(C5(c6ccccn6)c6ccc(C(C)(C)C)cc6-c6cc(C(C)(C)C)ccc65)c4)c3c2)n[nH]1. The summed E-state index contributed by atoms with van der Waals surface area (Å²) in [5.74, 6) is 0. The van der Waals surface area contributed by atoms with Crippen LogP contribution in [0.15, 0.2) is 134 Å². The van der Waals surface area contributed by atoms with Gasteiger partial charge in [-0.1, -0.05) is 126 Å². The van der Waals surface area contributed by atoms with E-state index < -0.39 is 5.41 Å². The molecule has 1 N–H and O–H groups in total. The Morgan fingerprint density at radius 1 is 0.596 bits per heavy atom. The standard InChI is InChI=1S/C48H44N4/c1-30-25-42(51-50-30)31-18-21-37-36-15-8-9-16-43(36)52(44(37)26-31)35-14-12-13-34(27-35)48(45-17-10-11-24-49-45)40-22-19-32(46(2,3)4)28-38(40)39-29-33(47(5,6)7)20-23-41(39)48/h8-29H,1-7H3,(H,50,51). The Kier molecular flexibility index (Phi) is 7.05. The molecule has 9 rings (SSSR count). The van der Waals surface area contributed by atoms with Crippen molar-refractivity contribution in [1.29, 1.82) is 0 Å². The zero-order valence-corrected chi connectivity index (χ0v) is 31.0. The molecule has 0 bridgehead atoms. The number of benzene rings is 5. The predicted molar refractivity (Wildman–Crippen MR) is 216 cm³/mol. The van der Waals surface area contributed by atoms with Gasteiger partial charge in [-0.15, -0.1) is 0 Å². The summed E-state index contributed by atoms with van der Waals surface area (Å²) >= 11 is 0. The second-order valence-electron chi connectivity index (χ2n) is 16.6. The number of hydrogen-bond acceptors (Lipinski definition) is 2. The Labute approximate surface area is 306 Å². The quantitative estimate of drug-likeness (QED) is 0.202. The van der Waals surface area contributed by atoms with Crippen LogP contribution in [0.2, 0.25) is 0 Å². The van der Waals surface area contributed by atoms with Gasteiger partial charge in [0, 0.05) is 33.9 Å². The molecule has 52 heavy (non-hydrogen) atoms. The predicted octanol–water partition coefficient (Wildman–Crippen LogP) is 11.8. The lowest BCUT2D eigenvalue weighted by atomic mass is 9.69. The van der Waals surface area contributed by atoms with Gasteiger partial charge in [-0.2, -0.15) is 5.10 Å². The van der Waals surface area contributed by atoms with Crippen LogP contribution in [0.25, 0.3) is 49.9 Å². The molecule has 1 aliphatic carbocycles. The van der Waals surface area contributed by atoms with E-state index in [2.05, 4.69) is 178 Å². The highest BCUT2D eigenvalue weighted by atomic mass is 15.1. The molecule has 0 amide bonds. The number of aromatic amines is 1. The second kappa shape index (κ2) is 11.4. The first-order valence-electron chi connectivity index (χ1n) is 18.3. The van der Waals surface area contributed by atoms with Crippen LogP contribution in [-0.4, -0.2) is 19.7 Å². The fourth-order valence-corrected chi connectivity index (χ4v) is 8.44. The highest BCUT2D eigenvalue weighted by Crippen LogP contribution is 2.57. The Hall–Kier alpha value is -5.74.